The Labute approximate surface area is 182 Å². The second-order valence-corrected chi connectivity index (χ2v) is 8.49. The Balaban J connectivity index is 1.51. The van der Waals surface area contributed by atoms with Gasteiger partial charge in [0.1, 0.15) is 0 Å². The average molecular weight is 528 g/mol. The summed E-state index contributed by atoms with van der Waals surface area (Å²) in [6, 6.07) is 4.95. The van der Waals surface area contributed by atoms with Crippen LogP contribution >= 0.6 is 31.9 Å². The molecule has 0 atom stereocenters. The lowest BCUT2D eigenvalue weighted by Crippen LogP contribution is -2.31. The third-order valence-electron chi connectivity index (χ3n) is 4.82. The van der Waals surface area contributed by atoms with E-state index in [-0.39, 0.29) is 0 Å². The lowest BCUT2D eigenvalue weighted by atomic mass is 10.1. The molecule has 4 rings (SSSR count). The molecule has 0 unspecified atom stereocenters. The normalized spacial score (nSPS) is 14.7. The molecule has 29 heavy (non-hydrogen) atoms. The molecule has 9 heteroatoms. The number of fused-ring (bicyclic) bond motifs is 1. The Hall–Kier alpha value is -1.84. The van der Waals surface area contributed by atoms with Crippen molar-refractivity contribution in [1.29, 1.82) is 0 Å². The van der Waals surface area contributed by atoms with Crippen LogP contribution in [0.4, 0.5) is 13.2 Å². The van der Waals surface area contributed by atoms with Crippen molar-refractivity contribution in [2.75, 3.05) is 6.54 Å². The maximum absolute atomic E-state index is 12.7. The van der Waals surface area contributed by atoms with Gasteiger partial charge < -0.3 is 0 Å². The molecule has 0 saturated carbocycles. The van der Waals surface area contributed by atoms with Crippen molar-refractivity contribution in [3.63, 3.8) is 0 Å². The summed E-state index contributed by atoms with van der Waals surface area (Å²) >= 11 is 7.09. The fourth-order valence-corrected chi connectivity index (χ4v) is 4.45. The minimum absolute atomic E-state index is 0.450. The number of alkyl halides is 3. The fourth-order valence-electron chi connectivity index (χ4n) is 3.27. The summed E-state index contributed by atoms with van der Waals surface area (Å²) < 4.78 is 40.1. The second kappa shape index (κ2) is 8.12. The molecule has 0 amide bonds. The monoisotopic (exact) mass is 526 g/mol. The van der Waals surface area contributed by atoms with Gasteiger partial charge in [-0.15, -0.1) is 0 Å². The van der Waals surface area contributed by atoms with E-state index < -0.39 is 11.7 Å². The van der Waals surface area contributed by atoms with Gasteiger partial charge in [-0.2, -0.15) is 13.2 Å². The number of hydrogen-bond donors (Lipinski definition) is 0. The van der Waals surface area contributed by atoms with Crippen LogP contribution in [-0.2, 0) is 25.7 Å². The molecular formula is C20H15Br2F3N4. The molecule has 0 N–H and O–H groups in total. The molecule has 0 radical (unpaired) electrons. The summed E-state index contributed by atoms with van der Waals surface area (Å²) in [7, 11) is 0. The molecule has 1 aromatic carbocycles. The van der Waals surface area contributed by atoms with Crippen molar-refractivity contribution >= 4 is 31.9 Å². The first-order chi connectivity index (χ1) is 13.8. The molecular weight excluding hydrogens is 513 g/mol. The van der Waals surface area contributed by atoms with Crippen LogP contribution in [0.25, 0.3) is 11.4 Å². The third-order valence-corrected chi connectivity index (χ3v) is 6.18. The number of nitrogens with zero attached hydrogens (tertiary/aromatic N) is 4. The van der Waals surface area contributed by atoms with Crippen molar-refractivity contribution in [1.82, 2.24) is 19.9 Å². The van der Waals surface area contributed by atoms with Crippen molar-refractivity contribution in [2.24, 2.45) is 0 Å². The summed E-state index contributed by atoms with van der Waals surface area (Å²) in [5, 5.41) is 0. The van der Waals surface area contributed by atoms with Gasteiger partial charge in [0.05, 0.1) is 11.3 Å². The van der Waals surface area contributed by atoms with E-state index in [0.717, 1.165) is 57.4 Å². The Bertz CT molecular complexity index is 1020. The van der Waals surface area contributed by atoms with Gasteiger partial charge in [0, 0.05) is 64.7 Å². The van der Waals surface area contributed by atoms with E-state index in [1.165, 1.54) is 12.1 Å². The largest absolute Gasteiger partial charge is 0.416 e. The van der Waals surface area contributed by atoms with Crippen LogP contribution in [0, 0.1) is 0 Å². The Kier molecular flexibility index (Phi) is 5.72. The summed E-state index contributed by atoms with van der Waals surface area (Å²) in [6.07, 6.45) is 1.73. The topological polar surface area (TPSA) is 41.9 Å². The van der Waals surface area contributed by atoms with Crippen LogP contribution in [0.15, 0.2) is 51.8 Å². The van der Waals surface area contributed by atoms with Crippen molar-refractivity contribution < 1.29 is 13.2 Å². The maximum atomic E-state index is 12.7. The minimum Gasteiger partial charge on any atom is -0.294 e. The summed E-state index contributed by atoms with van der Waals surface area (Å²) in [4.78, 5) is 15.4. The molecule has 1 aliphatic heterocycles. The van der Waals surface area contributed by atoms with Gasteiger partial charge in [-0.05, 0) is 49.6 Å². The number of halogens is 5. The Morgan fingerprint density at radius 1 is 1.00 bits per heavy atom. The van der Waals surface area contributed by atoms with Gasteiger partial charge in [0.15, 0.2) is 5.82 Å². The zero-order valence-electron chi connectivity index (χ0n) is 15.0. The fraction of sp³-hybridized carbons (Fsp3) is 0.250. The highest BCUT2D eigenvalue weighted by molar-refractivity contribution is 9.11. The molecule has 0 bridgehead atoms. The van der Waals surface area contributed by atoms with E-state index in [2.05, 4.69) is 51.7 Å². The quantitative estimate of drug-likeness (QED) is 0.442. The second-order valence-electron chi connectivity index (χ2n) is 6.78. The average Bonchev–Trinajstić information content (AvgIpc) is 2.70. The SMILES string of the molecule is FC(F)(F)c1ccc(-c2ncc3c(n2)CCN(Cc2c(Br)cncc2Br)C3)cc1. The predicted molar refractivity (Wildman–Crippen MR) is 110 cm³/mol. The molecule has 4 nitrogen and oxygen atoms in total. The standard InChI is InChI=1S/C20H15Br2F3N4/c21-16-8-26-9-17(22)15(16)11-29-6-5-18-13(10-29)7-27-19(28-18)12-1-3-14(4-2-12)20(23,24)25/h1-4,7-9H,5-6,10-11H2. The van der Waals surface area contributed by atoms with E-state index >= 15 is 0 Å². The van der Waals surface area contributed by atoms with E-state index in [4.69, 9.17) is 0 Å². The highest BCUT2D eigenvalue weighted by atomic mass is 79.9. The smallest absolute Gasteiger partial charge is 0.294 e. The lowest BCUT2D eigenvalue weighted by molar-refractivity contribution is -0.137. The summed E-state index contributed by atoms with van der Waals surface area (Å²) in [5.74, 6) is 0.450. The zero-order chi connectivity index (χ0) is 20.6. The maximum Gasteiger partial charge on any atom is 0.416 e. The van der Waals surface area contributed by atoms with Gasteiger partial charge in [-0.25, -0.2) is 9.97 Å². The predicted octanol–water partition coefficient (Wildman–Crippen LogP) is 5.64. The van der Waals surface area contributed by atoms with Crippen LogP contribution in [0.1, 0.15) is 22.4 Å². The first-order valence-electron chi connectivity index (χ1n) is 8.84. The highest BCUT2D eigenvalue weighted by Gasteiger charge is 2.30. The molecule has 0 aliphatic carbocycles. The first-order valence-corrected chi connectivity index (χ1v) is 10.4. The molecule has 150 valence electrons. The number of pyridine rings is 1. The van der Waals surface area contributed by atoms with Crippen molar-refractivity contribution in [3.05, 3.63) is 74.2 Å². The van der Waals surface area contributed by atoms with Crippen LogP contribution in [-0.4, -0.2) is 26.4 Å². The third kappa shape index (κ3) is 4.51. The highest BCUT2D eigenvalue weighted by Crippen LogP contribution is 2.31. The van der Waals surface area contributed by atoms with E-state index in [1.54, 1.807) is 18.6 Å². The van der Waals surface area contributed by atoms with E-state index in [9.17, 15) is 13.2 Å². The Morgan fingerprint density at radius 3 is 2.34 bits per heavy atom. The summed E-state index contributed by atoms with van der Waals surface area (Å²) in [6.45, 7) is 2.30. The first kappa shape index (κ1) is 20.4. The molecule has 1 aliphatic rings. The lowest BCUT2D eigenvalue weighted by Gasteiger charge is -2.28. The van der Waals surface area contributed by atoms with Crippen molar-refractivity contribution in [2.45, 2.75) is 25.7 Å². The van der Waals surface area contributed by atoms with Gasteiger partial charge in [0.25, 0.3) is 0 Å². The van der Waals surface area contributed by atoms with Gasteiger partial charge in [-0.1, -0.05) is 12.1 Å². The van der Waals surface area contributed by atoms with Crippen LogP contribution in [0.2, 0.25) is 0 Å². The van der Waals surface area contributed by atoms with Crippen LogP contribution < -0.4 is 0 Å². The number of rotatable bonds is 3. The molecule has 0 fully saturated rings. The molecule has 2 aromatic heterocycles. The van der Waals surface area contributed by atoms with Crippen LogP contribution in [0.5, 0.6) is 0 Å². The van der Waals surface area contributed by atoms with Crippen molar-refractivity contribution in [3.8, 4) is 11.4 Å². The van der Waals surface area contributed by atoms with E-state index in [1.807, 2.05) is 0 Å². The van der Waals surface area contributed by atoms with Crippen LogP contribution in [0.3, 0.4) is 0 Å². The van der Waals surface area contributed by atoms with Gasteiger partial charge >= 0.3 is 6.18 Å². The summed E-state index contributed by atoms with van der Waals surface area (Å²) in [5.41, 5.74) is 3.01. The zero-order valence-corrected chi connectivity index (χ0v) is 18.2. The number of hydrogen-bond acceptors (Lipinski definition) is 4. The van der Waals surface area contributed by atoms with E-state index in [0.29, 0.717) is 17.9 Å². The molecule has 3 heterocycles. The molecule has 3 aromatic rings. The van der Waals surface area contributed by atoms with Gasteiger partial charge in [0.2, 0.25) is 0 Å². The Morgan fingerprint density at radius 2 is 1.69 bits per heavy atom. The number of aromatic nitrogens is 3. The molecule has 0 saturated heterocycles. The van der Waals surface area contributed by atoms with Gasteiger partial charge in [-0.3, -0.25) is 9.88 Å². The number of benzene rings is 1. The minimum atomic E-state index is -4.35. The molecule has 0 spiro atoms.